The van der Waals surface area contributed by atoms with Gasteiger partial charge in [-0.3, -0.25) is 4.79 Å². The van der Waals surface area contributed by atoms with Crippen LogP contribution in [0.25, 0.3) is 0 Å². The zero-order valence-corrected chi connectivity index (χ0v) is 12.3. The van der Waals surface area contributed by atoms with Gasteiger partial charge in [-0.15, -0.1) is 0 Å². The monoisotopic (exact) mass is 302 g/mol. The maximum atomic E-state index is 11.9. The van der Waals surface area contributed by atoms with Gasteiger partial charge in [0.1, 0.15) is 5.75 Å². The van der Waals surface area contributed by atoms with Gasteiger partial charge in [-0.05, 0) is 43.5 Å². The van der Waals surface area contributed by atoms with Crippen LogP contribution in [0.3, 0.4) is 0 Å². The lowest BCUT2D eigenvalue weighted by Crippen LogP contribution is -2.21. The van der Waals surface area contributed by atoms with Gasteiger partial charge in [-0.2, -0.15) is 0 Å². The van der Waals surface area contributed by atoms with Crippen molar-refractivity contribution in [2.24, 2.45) is 5.92 Å². The number of carbonyl (C=O) groups excluding carboxylic acids is 1. The number of rotatable bonds is 2. The van der Waals surface area contributed by atoms with E-state index in [-0.39, 0.29) is 11.5 Å². The van der Waals surface area contributed by atoms with Gasteiger partial charge < -0.3 is 4.74 Å². The number of carbonyl (C=O) groups is 1. The molecule has 6 heteroatoms. The molecule has 1 aromatic carbocycles. The number of hydrogen-bond acceptors (Lipinski definition) is 4. The van der Waals surface area contributed by atoms with E-state index in [2.05, 4.69) is 0 Å². The second kappa shape index (κ2) is 5.13. The normalized spacial score (nSPS) is 21.3. The molecular weight excluding hydrogens is 288 g/mol. The fourth-order valence-corrected chi connectivity index (χ4v) is 3.98. The molecule has 0 spiro atoms. The molecule has 4 nitrogen and oxygen atoms in total. The summed E-state index contributed by atoms with van der Waals surface area (Å²) in [7, 11) is -3.08. The van der Waals surface area contributed by atoms with Crippen LogP contribution in [0.4, 0.5) is 0 Å². The van der Waals surface area contributed by atoms with Gasteiger partial charge in [0.15, 0.2) is 9.84 Å². The Morgan fingerprint density at radius 3 is 2.37 bits per heavy atom. The maximum absolute atomic E-state index is 11.9. The van der Waals surface area contributed by atoms with Crippen LogP contribution in [0.15, 0.2) is 12.1 Å². The minimum Gasteiger partial charge on any atom is -0.426 e. The summed E-state index contributed by atoms with van der Waals surface area (Å²) in [6, 6.07) is 3.35. The van der Waals surface area contributed by atoms with Crippen LogP contribution in [0, 0.1) is 19.8 Å². The molecule has 1 aliphatic heterocycles. The molecular formula is C13H15ClO4S. The quantitative estimate of drug-likeness (QED) is 0.621. The lowest BCUT2D eigenvalue weighted by molar-refractivity contribution is -0.138. The Kier molecular flexibility index (Phi) is 3.87. The van der Waals surface area contributed by atoms with Gasteiger partial charge in [0, 0.05) is 5.02 Å². The van der Waals surface area contributed by atoms with E-state index < -0.39 is 21.7 Å². The summed E-state index contributed by atoms with van der Waals surface area (Å²) < 4.78 is 27.9. The Bertz CT molecular complexity index is 599. The lowest BCUT2D eigenvalue weighted by atomic mass is 10.1. The van der Waals surface area contributed by atoms with Crippen LogP contribution in [0.5, 0.6) is 5.75 Å². The SMILES string of the molecule is Cc1cc(OC(=O)C2CCS(=O)(=O)C2)cc(C)c1Cl. The molecule has 1 atom stereocenters. The van der Waals surface area contributed by atoms with Crippen LogP contribution < -0.4 is 4.74 Å². The Balaban J connectivity index is 2.12. The highest BCUT2D eigenvalue weighted by Crippen LogP contribution is 2.27. The van der Waals surface area contributed by atoms with Crippen LogP contribution in [-0.4, -0.2) is 25.9 Å². The number of aryl methyl sites for hydroxylation is 2. The van der Waals surface area contributed by atoms with Crippen molar-refractivity contribution in [3.8, 4) is 5.75 Å². The van der Waals surface area contributed by atoms with Crippen molar-refractivity contribution in [3.05, 3.63) is 28.3 Å². The summed E-state index contributed by atoms with van der Waals surface area (Å²) in [6.45, 7) is 3.65. The zero-order valence-electron chi connectivity index (χ0n) is 10.8. The van der Waals surface area contributed by atoms with Gasteiger partial charge in [-0.25, -0.2) is 8.42 Å². The van der Waals surface area contributed by atoms with E-state index in [1.807, 2.05) is 13.8 Å². The zero-order chi connectivity index (χ0) is 14.2. The number of esters is 1. The topological polar surface area (TPSA) is 60.4 Å². The third-order valence-electron chi connectivity index (χ3n) is 3.19. The predicted molar refractivity (Wildman–Crippen MR) is 73.3 cm³/mol. The second-order valence-electron chi connectivity index (χ2n) is 4.89. The number of benzene rings is 1. The summed E-state index contributed by atoms with van der Waals surface area (Å²) >= 11 is 6.03. The van der Waals surface area contributed by atoms with E-state index in [1.54, 1.807) is 12.1 Å². The molecule has 0 bridgehead atoms. The first kappa shape index (κ1) is 14.3. The smallest absolute Gasteiger partial charge is 0.315 e. The molecule has 1 fully saturated rings. The molecule has 104 valence electrons. The Labute approximate surface area is 117 Å². The average Bonchev–Trinajstić information content (AvgIpc) is 2.66. The van der Waals surface area contributed by atoms with E-state index >= 15 is 0 Å². The van der Waals surface area contributed by atoms with Crippen molar-refractivity contribution >= 4 is 27.4 Å². The fraction of sp³-hybridized carbons (Fsp3) is 0.462. The molecule has 0 N–H and O–H groups in total. The van der Waals surface area contributed by atoms with E-state index in [0.29, 0.717) is 17.2 Å². The minimum absolute atomic E-state index is 0.0610. The van der Waals surface area contributed by atoms with Crippen LogP contribution in [-0.2, 0) is 14.6 Å². The van der Waals surface area contributed by atoms with Crippen molar-refractivity contribution in [2.75, 3.05) is 11.5 Å². The largest absolute Gasteiger partial charge is 0.426 e. The molecule has 0 radical (unpaired) electrons. The van der Waals surface area contributed by atoms with E-state index in [0.717, 1.165) is 11.1 Å². The van der Waals surface area contributed by atoms with Crippen molar-refractivity contribution in [2.45, 2.75) is 20.3 Å². The molecule has 19 heavy (non-hydrogen) atoms. The maximum Gasteiger partial charge on any atom is 0.315 e. The molecule has 1 aromatic rings. The molecule has 0 aliphatic carbocycles. The molecule has 0 aromatic heterocycles. The van der Waals surface area contributed by atoms with Crippen LogP contribution in [0.1, 0.15) is 17.5 Å². The predicted octanol–water partition coefficient (Wildman–Crippen LogP) is 2.30. The number of hydrogen-bond donors (Lipinski definition) is 0. The summed E-state index contributed by atoms with van der Waals surface area (Å²) in [5.41, 5.74) is 1.65. The molecule has 1 saturated heterocycles. The van der Waals surface area contributed by atoms with E-state index in [1.165, 1.54) is 0 Å². The Morgan fingerprint density at radius 1 is 1.32 bits per heavy atom. The highest BCUT2D eigenvalue weighted by atomic mass is 35.5. The summed E-state index contributed by atoms with van der Waals surface area (Å²) in [5, 5.41) is 0.642. The first-order valence-corrected chi connectivity index (χ1v) is 8.17. The molecule has 1 unspecified atom stereocenters. The number of sulfone groups is 1. The first-order chi connectivity index (χ1) is 8.78. The van der Waals surface area contributed by atoms with Gasteiger partial charge in [0.05, 0.1) is 17.4 Å². The van der Waals surface area contributed by atoms with E-state index in [9.17, 15) is 13.2 Å². The lowest BCUT2D eigenvalue weighted by Gasteiger charge is -2.11. The van der Waals surface area contributed by atoms with Crippen molar-refractivity contribution < 1.29 is 17.9 Å². The van der Waals surface area contributed by atoms with Gasteiger partial charge in [0.2, 0.25) is 0 Å². The third kappa shape index (κ3) is 3.28. The van der Waals surface area contributed by atoms with Crippen molar-refractivity contribution in [1.82, 2.24) is 0 Å². The van der Waals surface area contributed by atoms with Crippen molar-refractivity contribution in [1.29, 1.82) is 0 Å². The summed E-state index contributed by atoms with van der Waals surface area (Å²) in [6.07, 6.45) is 0.340. The highest BCUT2D eigenvalue weighted by molar-refractivity contribution is 7.91. The Hall–Kier alpha value is -1.07. The summed E-state index contributed by atoms with van der Waals surface area (Å²) in [5.74, 6) is -0.680. The van der Waals surface area contributed by atoms with Gasteiger partial charge in [0.25, 0.3) is 0 Å². The fourth-order valence-electron chi connectivity index (χ4n) is 2.15. The molecule has 1 heterocycles. The van der Waals surface area contributed by atoms with Crippen LogP contribution in [0.2, 0.25) is 5.02 Å². The van der Waals surface area contributed by atoms with Gasteiger partial charge >= 0.3 is 5.97 Å². The highest BCUT2D eigenvalue weighted by Gasteiger charge is 2.34. The average molecular weight is 303 g/mol. The standard InChI is InChI=1S/C13H15ClO4S/c1-8-5-11(6-9(2)12(8)14)18-13(15)10-3-4-19(16,17)7-10/h5-6,10H,3-4,7H2,1-2H3. The van der Waals surface area contributed by atoms with Crippen molar-refractivity contribution in [3.63, 3.8) is 0 Å². The summed E-state index contributed by atoms with van der Waals surface area (Å²) in [4.78, 5) is 11.9. The Morgan fingerprint density at radius 2 is 1.89 bits per heavy atom. The van der Waals surface area contributed by atoms with Crippen LogP contribution >= 0.6 is 11.6 Å². The third-order valence-corrected chi connectivity index (χ3v) is 5.56. The second-order valence-corrected chi connectivity index (χ2v) is 7.50. The van der Waals surface area contributed by atoms with Gasteiger partial charge in [-0.1, -0.05) is 11.6 Å². The van der Waals surface area contributed by atoms with E-state index in [4.69, 9.17) is 16.3 Å². The number of ether oxygens (including phenoxy) is 1. The number of halogens is 1. The molecule has 1 aliphatic rings. The minimum atomic E-state index is -3.08. The first-order valence-electron chi connectivity index (χ1n) is 5.97. The molecule has 0 amide bonds. The molecule has 2 rings (SSSR count). The molecule has 0 saturated carbocycles.